The van der Waals surface area contributed by atoms with E-state index >= 15 is 0 Å². The van der Waals surface area contributed by atoms with Crippen LogP contribution >= 0.6 is 0 Å². The van der Waals surface area contributed by atoms with Gasteiger partial charge >= 0.3 is 0 Å². The highest BCUT2D eigenvalue weighted by Gasteiger charge is 2.27. The molecule has 0 saturated carbocycles. The second-order valence-corrected chi connectivity index (χ2v) is 10.4. The lowest BCUT2D eigenvalue weighted by Crippen LogP contribution is -2.41. The third-order valence-corrected chi connectivity index (χ3v) is 7.53. The van der Waals surface area contributed by atoms with E-state index in [0.29, 0.717) is 25.7 Å². The van der Waals surface area contributed by atoms with E-state index in [-0.39, 0.29) is 6.10 Å². The van der Waals surface area contributed by atoms with Gasteiger partial charge in [0.1, 0.15) is 23.9 Å². The fourth-order valence-electron chi connectivity index (χ4n) is 5.40. The highest BCUT2D eigenvalue weighted by Crippen LogP contribution is 2.34. The minimum Gasteiger partial charge on any atom is -0.493 e. The van der Waals surface area contributed by atoms with Crippen molar-refractivity contribution in [1.29, 1.82) is 0 Å². The van der Waals surface area contributed by atoms with Crippen molar-refractivity contribution in [3.05, 3.63) is 83.9 Å². The van der Waals surface area contributed by atoms with Gasteiger partial charge in [0.15, 0.2) is 0 Å². The Kier molecular flexibility index (Phi) is 10.6. The number of hydrogen-bond acceptors (Lipinski definition) is 7. The number of piperidine rings is 1. The molecule has 0 spiro atoms. The molecule has 2 aliphatic rings. The van der Waals surface area contributed by atoms with Crippen molar-refractivity contribution in [2.24, 2.45) is 0 Å². The summed E-state index contributed by atoms with van der Waals surface area (Å²) in [4.78, 5) is 2.40. The molecule has 7 nitrogen and oxygen atoms in total. The predicted octanol–water partition coefficient (Wildman–Crippen LogP) is 5.43. The molecule has 40 heavy (non-hydrogen) atoms. The van der Waals surface area contributed by atoms with Crippen molar-refractivity contribution >= 4 is 5.69 Å². The van der Waals surface area contributed by atoms with Crippen LogP contribution < -0.4 is 24.4 Å². The van der Waals surface area contributed by atoms with Gasteiger partial charge in [-0.3, -0.25) is 0 Å². The van der Waals surface area contributed by atoms with Gasteiger partial charge in [-0.05, 0) is 66.9 Å². The molecular weight excluding hydrogens is 504 g/mol. The highest BCUT2D eigenvalue weighted by molar-refractivity contribution is 5.61. The van der Waals surface area contributed by atoms with E-state index in [1.165, 1.54) is 11.1 Å². The maximum absolute atomic E-state index is 6.53. The lowest BCUT2D eigenvalue weighted by Gasteiger charge is -2.33. The smallest absolute Gasteiger partial charge is 0.142 e. The molecule has 0 amide bonds. The molecule has 0 aliphatic carbocycles. The largest absolute Gasteiger partial charge is 0.493 e. The van der Waals surface area contributed by atoms with Crippen LogP contribution in [0, 0.1) is 0 Å². The molecule has 3 aromatic rings. The zero-order valence-corrected chi connectivity index (χ0v) is 23.6. The molecule has 2 heterocycles. The molecule has 3 aromatic carbocycles. The molecule has 2 atom stereocenters. The lowest BCUT2D eigenvalue weighted by molar-refractivity contribution is 0.0106. The molecular formula is C33H42N2O5. The maximum atomic E-state index is 6.53. The summed E-state index contributed by atoms with van der Waals surface area (Å²) in [5.74, 6) is 3.09. The van der Waals surface area contributed by atoms with E-state index in [9.17, 15) is 0 Å². The third-order valence-electron chi connectivity index (χ3n) is 7.53. The molecule has 5 rings (SSSR count). The predicted molar refractivity (Wildman–Crippen MR) is 158 cm³/mol. The zero-order valence-electron chi connectivity index (χ0n) is 23.6. The van der Waals surface area contributed by atoms with Gasteiger partial charge in [0.2, 0.25) is 0 Å². The van der Waals surface area contributed by atoms with E-state index in [1.807, 2.05) is 30.3 Å². The maximum Gasteiger partial charge on any atom is 0.142 e. The van der Waals surface area contributed by atoms with E-state index in [2.05, 4.69) is 52.7 Å². The van der Waals surface area contributed by atoms with E-state index < -0.39 is 0 Å². The fraction of sp³-hybridized carbons (Fsp3) is 0.455. The molecule has 1 fully saturated rings. The molecule has 0 bridgehead atoms. The molecule has 2 aliphatic heterocycles. The van der Waals surface area contributed by atoms with Crippen molar-refractivity contribution in [3.63, 3.8) is 0 Å². The van der Waals surface area contributed by atoms with Gasteiger partial charge in [-0.15, -0.1) is 0 Å². The summed E-state index contributed by atoms with van der Waals surface area (Å²) in [5, 5.41) is 3.52. The van der Waals surface area contributed by atoms with Gasteiger partial charge in [-0.2, -0.15) is 0 Å². The van der Waals surface area contributed by atoms with Crippen molar-refractivity contribution < 1.29 is 23.7 Å². The molecule has 0 aromatic heterocycles. The van der Waals surface area contributed by atoms with Crippen molar-refractivity contribution in [1.82, 2.24) is 5.32 Å². The van der Waals surface area contributed by atoms with Crippen molar-refractivity contribution in [2.45, 2.75) is 37.9 Å². The zero-order chi connectivity index (χ0) is 27.4. The minimum absolute atomic E-state index is 0.112. The quantitative estimate of drug-likeness (QED) is 0.271. The Hall–Kier alpha value is -3.26. The average molecular weight is 547 g/mol. The van der Waals surface area contributed by atoms with Crippen LogP contribution in [0.4, 0.5) is 5.69 Å². The minimum atomic E-state index is 0.112. The number of nitrogens with one attached hydrogen (secondary N) is 1. The lowest BCUT2D eigenvalue weighted by atomic mass is 9.87. The van der Waals surface area contributed by atoms with Crippen LogP contribution in [0.2, 0.25) is 0 Å². The SMILES string of the molecule is COCCCN1CCOc2ccc(COC3CNCCC3c3ccc(OCCCOc4ccccc4)cc3)cc21. The summed E-state index contributed by atoms with van der Waals surface area (Å²) in [6.07, 6.45) is 2.99. The number of nitrogens with zero attached hydrogens (tertiary/aromatic N) is 1. The number of rotatable bonds is 14. The van der Waals surface area contributed by atoms with Gasteiger partial charge in [0.25, 0.3) is 0 Å². The summed E-state index contributed by atoms with van der Waals surface area (Å²) in [7, 11) is 1.75. The van der Waals surface area contributed by atoms with Gasteiger partial charge in [0.05, 0.1) is 38.2 Å². The summed E-state index contributed by atoms with van der Waals surface area (Å²) in [5.41, 5.74) is 3.63. The fourth-order valence-corrected chi connectivity index (χ4v) is 5.40. The van der Waals surface area contributed by atoms with Crippen LogP contribution in [0.3, 0.4) is 0 Å². The highest BCUT2D eigenvalue weighted by atomic mass is 16.5. The van der Waals surface area contributed by atoms with Crippen molar-refractivity contribution in [3.8, 4) is 17.2 Å². The Bertz CT molecular complexity index is 1160. The van der Waals surface area contributed by atoms with Crippen LogP contribution in [0.5, 0.6) is 17.2 Å². The Labute approximate surface area is 238 Å². The molecule has 1 N–H and O–H groups in total. The van der Waals surface area contributed by atoms with Crippen LogP contribution in [-0.2, 0) is 16.1 Å². The molecule has 2 unspecified atom stereocenters. The summed E-state index contributed by atoms with van der Waals surface area (Å²) in [6, 6.07) is 24.9. The first-order chi connectivity index (χ1) is 19.8. The number of benzene rings is 3. The number of anilines is 1. The van der Waals surface area contributed by atoms with Gasteiger partial charge in [-0.25, -0.2) is 0 Å². The molecule has 0 radical (unpaired) electrons. The molecule has 1 saturated heterocycles. The second kappa shape index (κ2) is 14.9. The van der Waals surface area contributed by atoms with E-state index in [1.54, 1.807) is 7.11 Å². The summed E-state index contributed by atoms with van der Waals surface area (Å²) in [6.45, 7) is 7.04. The number of hydrogen-bond donors (Lipinski definition) is 1. The van der Waals surface area contributed by atoms with Gasteiger partial charge in [-0.1, -0.05) is 36.4 Å². The van der Waals surface area contributed by atoms with Crippen LogP contribution in [0.25, 0.3) is 0 Å². The Balaban J connectivity index is 1.12. The number of fused-ring (bicyclic) bond motifs is 1. The second-order valence-electron chi connectivity index (χ2n) is 10.4. The summed E-state index contributed by atoms with van der Waals surface area (Å²) < 4.78 is 29.4. The standard InChI is InChI=1S/C33H42N2O5/c1-36-19-5-17-35-18-22-39-32-14-9-26(23-31(32)35)25-40-33-24-34-16-15-30(33)27-10-12-29(13-11-27)38-21-6-20-37-28-7-3-2-4-8-28/h2-4,7-14,23,30,33-34H,5-6,15-22,24-25H2,1H3. The van der Waals surface area contributed by atoms with Gasteiger partial charge < -0.3 is 33.9 Å². The van der Waals surface area contributed by atoms with Crippen molar-refractivity contribution in [2.75, 3.05) is 64.6 Å². The normalized spacial score (nSPS) is 18.6. The average Bonchev–Trinajstić information content (AvgIpc) is 3.01. The number of para-hydroxylation sites is 1. The Morgan fingerprint density at radius 3 is 2.50 bits per heavy atom. The summed E-state index contributed by atoms with van der Waals surface area (Å²) >= 11 is 0. The first-order valence-corrected chi connectivity index (χ1v) is 14.5. The first-order valence-electron chi connectivity index (χ1n) is 14.5. The topological polar surface area (TPSA) is 61.4 Å². The number of ether oxygens (including phenoxy) is 5. The number of methoxy groups -OCH3 is 1. The molecule has 214 valence electrons. The van der Waals surface area contributed by atoms with E-state index in [0.717, 1.165) is 81.6 Å². The van der Waals surface area contributed by atoms with Gasteiger partial charge in [0, 0.05) is 39.1 Å². The Morgan fingerprint density at radius 2 is 1.70 bits per heavy atom. The van der Waals surface area contributed by atoms with Crippen LogP contribution in [0.15, 0.2) is 72.8 Å². The van der Waals surface area contributed by atoms with Crippen LogP contribution in [0.1, 0.15) is 36.3 Å². The monoisotopic (exact) mass is 546 g/mol. The van der Waals surface area contributed by atoms with E-state index in [4.69, 9.17) is 23.7 Å². The third kappa shape index (κ3) is 7.90. The molecule has 7 heteroatoms. The Morgan fingerprint density at radius 1 is 0.900 bits per heavy atom. The first kappa shape index (κ1) is 28.3. The van der Waals surface area contributed by atoms with Crippen LogP contribution in [-0.4, -0.2) is 65.8 Å².